The molecular weight excluding hydrogens is 441 g/mol. The van der Waals surface area contributed by atoms with E-state index in [1.807, 2.05) is 22.6 Å². The number of carbonyl (C=O) groups is 2. The molecule has 0 fully saturated rings. The molecule has 2 aromatic carbocycles. The number of nitro groups is 1. The van der Waals surface area contributed by atoms with Crippen LogP contribution in [0.1, 0.15) is 10.4 Å². The van der Waals surface area contributed by atoms with Crippen molar-refractivity contribution in [2.24, 2.45) is 0 Å². The monoisotopic (exact) mass is 455 g/mol. The van der Waals surface area contributed by atoms with Gasteiger partial charge in [-0.25, -0.2) is 0 Å². The highest BCUT2D eigenvalue weighted by Gasteiger charge is 2.15. The summed E-state index contributed by atoms with van der Waals surface area (Å²) >= 11 is 1.94. The lowest BCUT2D eigenvalue weighted by molar-refractivity contribution is -0.384. The fourth-order valence-corrected chi connectivity index (χ4v) is 2.54. The van der Waals surface area contributed by atoms with E-state index in [1.54, 1.807) is 24.3 Å². The van der Waals surface area contributed by atoms with E-state index in [4.69, 9.17) is 4.74 Å². The van der Waals surface area contributed by atoms with Gasteiger partial charge in [0.05, 0.1) is 10.5 Å². The summed E-state index contributed by atoms with van der Waals surface area (Å²) < 4.78 is 5.32. The number of halogens is 1. The number of ether oxygens (including phenoxy) is 1. The Morgan fingerprint density at radius 2 is 1.72 bits per heavy atom. The number of carbonyl (C=O) groups excluding carboxylic acids is 2. The van der Waals surface area contributed by atoms with Gasteiger partial charge in [-0.1, -0.05) is 0 Å². The summed E-state index contributed by atoms with van der Waals surface area (Å²) in [5, 5.41) is 16.1. The molecule has 0 aliphatic rings. The van der Waals surface area contributed by atoms with Crippen LogP contribution in [0.5, 0.6) is 0 Å². The van der Waals surface area contributed by atoms with Crippen LogP contribution in [0, 0.1) is 13.7 Å². The van der Waals surface area contributed by atoms with Gasteiger partial charge in [-0.3, -0.25) is 19.7 Å². The van der Waals surface area contributed by atoms with E-state index in [0.717, 1.165) is 0 Å². The molecule has 0 atom stereocenters. The summed E-state index contributed by atoms with van der Waals surface area (Å²) in [4.78, 5) is 34.0. The Morgan fingerprint density at radius 1 is 1.12 bits per heavy atom. The lowest BCUT2D eigenvalue weighted by Crippen LogP contribution is -2.17. The largest absolute Gasteiger partial charge is 0.375 e. The molecule has 0 saturated heterocycles. The third-order valence-electron chi connectivity index (χ3n) is 3.11. The number of nitro benzene ring substituents is 1. The standard InChI is InChI=1S/C16H14IN3O5/c1-25-9-15(21)18-10-2-4-11(5-3-10)19-16(22)13-8-12(20(23)24)6-7-14(13)17/h2-8H,9H2,1H3,(H,18,21)(H,19,22). The van der Waals surface area contributed by atoms with Crippen molar-refractivity contribution in [3.8, 4) is 0 Å². The second-order valence-corrected chi connectivity index (χ2v) is 6.10. The second kappa shape index (κ2) is 8.53. The Balaban J connectivity index is 2.09. The first-order valence-corrected chi connectivity index (χ1v) is 8.12. The molecule has 8 nitrogen and oxygen atoms in total. The van der Waals surface area contributed by atoms with Gasteiger partial charge in [0.15, 0.2) is 0 Å². The molecule has 2 amide bonds. The van der Waals surface area contributed by atoms with E-state index >= 15 is 0 Å². The van der Waals surface area contributed by atoms with Crippen LogP contribution in [-0.4, -0.2) is 30.5 Å². The van der Waals surface area contributed by atoms with E-state index in [1.165, 1.54) is 25.3 Å². The smallest absolute Gasteiger partial charge is 0.270 e. The fraction of sp³-hybridized carbons (Fsp3) is 0.125. The maximum absolute atomic E-state index is 12.3. The first-order chi connectivity index (χ1) is 11.9. The second-order valence-electron chi connectivity index (χ2n) is 4.93. The molecule has 2 N–H and O–H groups in total. The highest BCUT2D eigenvalue weighted by molar-refractivity contribution is 14.1. The predicted octanol–water partition coefficient (Wildman–Crippen LogP) is 3.04. The van der Waals surface area contributed by atoms with Crippen LogP contribution >= 0.6 is 22.6 Å². The van der Waals surface area contributed by atoms with Gasteiger partial charge in [-0.15, -0.1) is 0 Å². The summed E-state index contributed by atoms with van der Waals surface area (Å²) in [6, 6.07) is 10.6. The van der Waals surface area contributed by atoms with Crippen molar-refractivity contribution in [3.05, 3.63) is 61.7 Å². The Kier molecular flexibility index (Phi) is 6.42. The van der Waals surface area contributed by atoms with Crippen LogP contribution in [-0.2, 0) is 9.53 Å². The lowest BCUT2D eigenvalue weighted by Gasteiger charge is -2.09. The van der Waals surface area contributed by atoms with Gasteiger partial charge in [0.2, 0.25) is 5.91 Å². The maximum atomic E-state index is 12.3. The zero-order chi connectivity index (χ0) is 18.4. The average Bonchev–Trinajstić information content (AvgIpc) is 2.57. The number of hydrogen-bond acceptors (Lipinski definition) is 5. The third-order valence-corrected chi connectivity index (χ3v) is 4.05. The van der Waals surface area contributed by atoms with Crippen molar-refractivity contribution >= 4 is 51.5 Å². The molecule has 0 aliphatic carbocycles. The molecule has 0 aliphatic heterocycles. The number of benzene rings is 2. The summed E-state index contributed by atoms with van der Waals surface area (Å²) in [5.41, 5.74) is 1.12. The number of methoxy groups -OCH3 is 1. The minimum absolute atomic E-state index is 0.0519. The Hall–Kier alpha value is -2.53. The number of nitrogens with one attached hydrogen (secondary N) is 2. The summed E-state index contributed by atoms with van der Waals surface area (Å²) in [6.45, 7) is -0.0519. The molecule has 0 bridgehead atoms. The minimum Gasteiger partial charge on any atom is -0.375 e. The van der Waals surface area contributed by atoms with Gasteiger partial charge in [0.25, 0.3) is 11.6 Å². The maximum Gasteiger partial charge on any atom is 0.270 e. The Morgan fingerprint density at radius 3 is 2.28 bits per heavy atom. The van der Waals surface area contributed by atoms with Crippen LogP contribution in [0.25, 0.3) is 0 Å². The van der Waals surface area contributed by atoms with Crippen LogP contribution in [0.4, 0.5) is 17.1 Å². The zero-order valence-corrected chi connectivity index (χ0v) is 15.3. The van der Waals surface area contributed by atoms with Crippen molar-refractivity contribution in [2.75, 3.05) is 24.4 Å². The van der Waals surface area contributed by atoms with Crippen molar-refractivity contribution < 1.29 is 19.2 Å². The van der Waals surface area contributed by atoms with E-state index in [-0.39, 0.29) is 23.8 Å². The van der Waals surface area contributed by atoms with Gasteiger partial charge < -0.3 is 15.4 Å². The number of anilines is 2. The van der Waals surface area contributed by atoms with Crippen molar-refractivity contribution in [3.63, 3.8) is 0 Å². The summed E-state index contributed by atoms with van der Waals surface area (Å²) in [7, 11) is 1.42. The van der Waals surface area contributed by atoms with E-state index in [2.05, 4.69) is 10.6 Å². The van der Waals surface area contributed by atoms with Gasteiger partial charge in [0, 0.05) is 34.2 Å². The molecule has 130 valence electrons. The molecule has 2 aromatic rings. The lowest BCUT2D eigenvalue weighted by atomic mass is 10.2. The molecule has 0 saturated carbocycles. The minimum atomic E-state index is -0.551. The first kappa shape index (κ1) is 18.8. The molecule has 0 radical (unpaired) electrons. The topological polar surface area (TPSA) is 111 Å². The third kappa shape index (κ3) is 5.22. The van der Waals surface area contributed by atoms with E-state index in [0.29, 0.717) is 14.9 Å². The molecular formula is C16H14IN3O5. The molecule has 0 aromatic heterocycles. The van der Waals surface area contributed by atoms with Crippen LogP contribution < -0.4 is 10.6 Å². The number of rotatable bonds is 6. The van der Waals surface area contributed by atoms with Gasteiger partial charge in [0.1, 0.15) is 6.61 Å². The summed E-state index contributed by atoms with van der Waals surface area (Å²) in [6.07, 6.45) is 0. The number of amides is 2. The zero-order valence-electron chi connectivity index (χ0n) is 13.1. The number of hydrogen-bond donors (Lipinski definition) is 2. The quantitative estimate of drug-likeness (QED) is 0.395. The van der Waals surface area contributed by atoms with Crippen molar-refractivity contribution in [1.82, 2.24) is 0 Å². The molecule has 25 heavy (non-hydrogen) atoms. The molecule has 2 rings (SSSR count). The van der Waals surface area contributed by atoms with E-state index < -0.39 is 10.8 Å². The van der Waals surface area contributed by atoms with Crippen LogP contribution in [0.15, 0.2) is 42.5 Å². The number of non-ortho nitro benzene ring substituents is 1. The van der Waals surface area contributed by atoms with Gasteiger partial charge in [-0.05, 0) is 52.9 Å². The molecule has 0 unspecified atom stereocenters. The Bertz CT molecular complexity index is 808. The molecule has 0 heterocycles. The average molecular weight is 455 g/mol. The Labute approximate surface area is 156 Å². The number of nitrogens with zero attached hydrogens (tertiary/aromatic N) is 1. The van der Waals surface area contributed by atoms with Crippen molar-refractivity contribution in [2.45, 2.75) is 0 Å². The van der Waals surface area contributed by atoms with Crippen LogP contribution in [0.2, 0.25) is 0 Å². The normalized spacial score (nSPS) is 10.2. The first-order valence-electron chi connectivity index (χ1n) is 7.05. The fourth-order valence-electron chi connectivity index (χ4n) is 1.96. The van der Waals surface area contributed by atoms with Crippen molar-refractivity contribution in [1.29, 1.82) is 0 Å². The summed E-state index contributed by atoms with van der Waals surface area (Å²) in [5.74, 6) is -0.741. The highest BCUT2D eigenvalue weighted by Crippen LogP contribution is 2.21. The SMILES string of the molecule is COCC(=O)Nc1ccc(NC(=O)c2cc([N+](=O)[O-])ccc2I)cc1. The van der Waals surface area contributed by atoms with Crippen LogP contribution in [0.3, 0.4) is 0 Å². The van der Waals surface area contributed by atoms with Gasteiger partial charge >= 0.3 is 0 Å². The van der Waals surface area contributed by atoms with E-state index in [9.17, 15) is 19.7 Å². The molecule has 0 spiro atoms. The predicted molar refractivity (Wildman–Crippen MR) is 101 cm³/mol. The molecule has 9 heteroatoms. The highest BCUT2D eigenvalue weighted by atomic mass is 127. The van der Waals surface area contributed by atoms with Gasteiger partial charge in [-0.2, -0.15) is 0 Å².